The first kappa shape index (κ1) is 15.3. The summed E-state index contributed by atoms with van der Waals surface area (Å²) in [6, 6.07) is 0. The smallest absolute Gasteiger partial charge is 0.0634 e. The lowest BCUT2D eigenvalue weighted by molar-refractivity contribution is -0.0226. The summed E-state index contributed by atoms with van der Waals surface area (Å²) in [6.45, 7) is 14.9. The second-order valence-corrected chi connectivity index (χ2v) is 7.99. The minimum atomic E-state index is -0.0169. The van der Waals surface area contributed by atoms with Crippen molar-refractivity contribution < 1.29 is 4.74 Å². The molecular formula is C16H32N2O. The fourth-order valence-corrected chi connectivity index (χ4v) is 3.08. The Morgan fingerprint density at radius 1 is 1.26 bits per heavy atom. The molecule has 0 aromatic heterocycles. The zero-order valence-corrected chi connectivity index (χ0v) is 13.7. The van der Waals surface area contributed by atoms with Gasteiger partial charge >= 0.3 is 0 Å². The van der Waals surface area contributed by atoms with Gasteiger partial charge in [0.05, 0.1) is 5.60 Å². The number of piperazine rings is 1. The van der Waals surface area contributed by atoms with Crippen LogP contribution >= 0.6 is 0 Å². The maximum Gasteiger partial charge on any atom is 0.0634 e. The lowest BCUT2D eigenvalue weighted by Gasteiger charge is -2.51. The molecule has 1 heterocycles. The Kier molecular flexibility index (Phi) is 4.03. The first-order chi connectivity index (χ1) is 8.69. The first-order valence-corrected chi connectivity index (χ1v) is 7.74. The van der Waals surface area contributed by atoms with Gasteiger partial charge in [0.2, 0.25) is 0 Å². The number of rotatable bonds is 5. The van der Waals surface area contributed by atoms with E-state index in [-0.39, 0.29) is 11.1 Å². The Morgan fingerprint density at radius 3 is 2.42 bits per heavy atom. The molecule has 1 atom stereocenters. The molecule has 2 rings (SSSR count). The fourth-order valence-electron chi connectivity index (χ4n) is 3.08. The monoisotopic (exact) mass is 268 g/mol. The highest BCUT2D eigenvalue weighted by Crippen LogP contribution is 2.42. The minimum absolute atomic E-state index is 0.0169. The van der Waals surface area contributed by atoms with Crippen molar-refractivity contribution >= 4 is 0 Å². The van der Waals surface area contributed by atoms with Crippen LogP contribution in [0.1, 0.15) is 53.9 Å². The van der Waals surface area contributed by atoms with Gasteiger partial charge in [-0.15, -0.1) is 0 Å². The van der Waals surface area contributed by atoms with Gasteiger partial charge in [-0.3, -0.25) is 4.90 Å². The van der Waals surface area contributed by atoms with Crippen LogP contribution in [0.15, 0.2) is 0 Å². The number of methoxy groups -OCH3 is 1. The van der Waals surface area contributed by atoms with Crippen LogP contribution in [-0.4, -0.2) is 48.3 Å². The van der Waals surface area contributed by atoms with Crippen LogP contribution in [0.4, 0.5) is 0 Å². The van der Waals surface area contributed by atoms with Gasteiger partial charge in [-0.05, 0) is 59.8 Å². The van der Waals surface area contributed by atoms with E-state index < -0.39 is 0 Å². The van der Waals surface area contributed by atoms with Crippen molar-refractivity contribution in [2.45, 2.75) is 70.6 Å². The second-order valence-electron chi connectivity index (χ2n) is 7.99. The van der Waals surface area contributed by atoms with Gasteiger partial charge in [0.15, 0.2) is 0 Å². The largest absolute Gasteiger partial charge is 0.379 e. The van der Waals surface area contributed by atoms with E-state index in [0.29, 0.717) is 5.54 Å². The molecule has 1 saturated carbocycles. The summed E-state index contributed by atoms with van der Waals surface area (Å²) >= 11 is 0. The molecule has 0 amide bonds. The van der Waals surface area contributed by atoms with E-state index in [9.17, 15) is 0 Å². The van der Waals surface area contributed by atoms with E-state index in [2.05, 4.69) is 44.8 Å². The number of nitrogens with zero attached hydrogens (tertiary/aromatic N) is 1. The summed E-state index contributed by atoms with van der Waals surface area (Å²) in [6.07, 6.45) is 3.90. The van der Waals surface area contributed by atoms with E-state index in [1.165, 1.54) is 19.4 Å². The molecule has 0 aromatic rings. The van der Waals surface area contributed by atoms with E-state index in [1.54, 1.807) is 0 Å². The standard InChI is InChI=1S/C16H32N2O/c1-14(2)11-17-16(5,13-7-8-13)12-18(14)10-9-15(3,4)19-6/h13,17H,7-12H2,1-6H3. The van der Waals surface area contributed by atoms with E-state index >= 15 is 0 Å². The Bertz CT molecular complexity index is 323. The second kappa shape index (κ2) is 5.01. The highest BCUT2D eigenvalue weighted by Gasteiger charge is 2.48. The molecule has 3 heteroatoms. The molecule has 112 valence electrons. The average molecular weight is 268 g/mol. The average Bonchev–Trinajstić information content (AvgIpc) is 3.15. The van der Waals surface area contributed by atoms with Crippen LogP contribution in [0, 0.1) is 5.92 Å². The summed E-state index contributed by atoms with van der Waals surface area (Å²) in [5.41, 5.74) is 0.557. The molecular weight excluding hydrogens is 236 g/mol. The zero-order chi connectivity index (χ0) is 14.3. The SMILES string of the molecule is COC(C)(C)CCN1CC(C)(C2CC2)NCC1(C)C. The number of hydrogen-bond acceptors (Lipinski definition) is 3. The molecule has 19 heavy (non-hydrogen) atoms. The van der Waals surface area contributed by atoms with Crippen LogP contribution in [0.2, 0.25) is 0 Å². The van der Waals surface area contributed by atoms with Crippen LogP contribution in [0.5, 0.6) is 0 Å². The summed E-state index contributed by atoms with van der Waals surface area (Å²) in [5.74, 6) is 0.890. The summed E-state index contributed by atoms with van der Waals surface area (Å²) in [5, 5.41) is 3.82. The Morgan fingerprint density at radius 2 is 1.89 bits per heavy atom. The zero-order valence-electron chi connectivity index (χ0n) is 13.7. The summed E-state index contributed by atoms with van der Waals surface area (Å²) in [4.78, 5) is 2.67. The van der Waals surface area contributed by atoms with Crippen molar-refractivity contribution in [3.8, 4) is 0 Å². The Hall–Kier alpha value is -0.120. The number of hydrogen-bond donors (Lipinski definition) is 1. The fraction of sp³-hybridized carbons (Fsp3) is 1.00. The van der Waals surface area contributed by atoms with Crippen LogP contribution in [-0.2, 0) is 4.74 Å². The third-order valence-corrected chi connectivity index (χ3v) is 5.31. The van der Waals surface area contributed by atoms with Crippen molar-refractivity contribution in [2.75, 3.05) is 26.7 Å². The molecule has 2 aliphatic rings. The maximum absolute atomic E-state index is 5.57. The van der Waals surface area contributed by atoms with Gasteiger partial charge in [-0.25, -0.2) is 0 Å². The molecule has 0 spiro atoms. The quantitative estimate of drug-likeness (QED) is 0.829. The van der Waals surface area contributed by atoms with Crippen LogP contribution < -0.4 is 5.32 Å². The molecule has 2 fully saturated rings. The molecule has 1 N–H and O–H groups in total. The normalized spacial score (nSPS) is 32.5. The molecule has 3 nitrogen and oxygen atoms in total. The van der Waals surface area contributed by atoms with Crippen molar-refractivity contribution in [3.63, 3.8) is 0 Å². The van der Waals surface area contributed by atoms with E-state index in [0.717, 1.165) is 25.4 Å². The molecule has 1 unspecified atom stereocenters. The summed E-state index contributed by atoms with van der Waals surface area (Å²) in [7, 11) is 1.82. The lowest BCUT2D eigenvalue weighted by atomic mass is 9.86. The predicted octanol–water partition coefficient (Wildman–Crippen LogP) is 2.65. The van der Waals surface area contributed by atoms with Crippen molar-refractivity contribution in [3.05, 3.63) is 0 Å². The van der Waals surface area contributed by atoms with E-state index in [1.807, 2.05) is 7.11 Å². The third-order valence-electron chi connectivity index (χ3n) is 5.31. The topological polar surface area (TPSA) is 24.5 Å². The molecule has 0 aromatic carbocycles. The Labute approximate surface area is 119 Å². The van der Waals surface area contributed by atoms with Gasteiger partial charge in [-0.1, -0.05) is 0 Å². The summed E-state index contributed by atoms with van der Waals surface area (Å²) < 4.78 is 5.57. The van der Waals surface area contributed by atoms with Crippen molar-refractivity contribution in [1.82, 2.24) is 10.2 Å². The van der Waals surface area contributed by atoms with Gasteiger partial charge in [0.25, 0.3) is 0 Å². The highest BCUT2D eigenvalue weighted by molar-refractivity contribution is 5.06. The van der Waals surface area contributed by atoms with Gasteiger partial charge in [-0.2, -0.15) is 0 Å². The predicted molar refractivity (Wildman–Crippen MR) is 80.5 cm³/mol. The lowest BCUT2D eigenvalue weighted by Crippen LogP contribution is -2.68. The third kappa shape index (κ3) is 3.50. The van der Waals surface area contributed by atoms with Crippen molar-refractivity contribution in [1.29, 1.82) is 0 Å². The van der Waals surface area contributed by atoms with Crippen LogP contribution in [0.3, 0.4) is 0 Å². The highest BCUT2D eigenvalue weighted by atomic mass is 16.5. The maximum atomic E-state index is 5.57. The molecule has 1 aliphatic carbocycles. The van der Waals surface area contributed by atoms with Gasteiger partial charge in [0.1, 0.15) is 0 Å². The number of nitrogens with one attached hydrogen (secondary N) is 1. The van der Waals surface area contributed by atoms with E-state index in [4.69, 9.17) is 4.74 Å². The van der Waals surface area contributed by atoms with Crippen LogP contribution in [0.25, 0.3) is 0 Å². The molecule has 1 saturated heterocycles. The molecule has 0 radical (unpaired) electrons. The first-order valence-electron chi connectivity index (χ1n) is 7.74. The number of ether oxygens (including phenoxy) is 1. The van der Waals surface area contributed by atoms with Crippen molar-refractivity contribution in [2.24, 2.45) is 5.92 Å². The van der Waals surface area contributed by atoms with Gasteiger partial charge in [0, 0.05) is 37.8 Å². The Balaban J connectivity index is 1.98. The molecule has 0 bridgehead atoms. The van der Waals surface area contributed by atoms with Gasteiger partial charge < -0.3 is 10.1 Å². The molecule has 1 aliphatic heterocycles. The minimum Gasteiger partial charge on any atom is -0.379 e.